The maximum absolute atomic E-state index is 14.8. The predicted molar refractivity (Wildman–Crippen MR) is 135 cm³/mol. The molecule has 1 aromatic heterocycles. The molecule has 0 saturated carbocycles. The van der Waals surface area contributed by atoms with Gasteiger partial charge in [-0.3, -0.25) is 15.6 Å². The molecule has 5 N–H and O–H groups in total. The van der Waals surface area contributed by atoms with Gasteiger partial charge < -0.3 is 30.6 Å². The molecule has 11 heteroatoms. The van der Waals surface area contributed by atoms with Crippen LogP contribution in [0.2, 0.25) is 0 Å². The minimum Gasteiger partial charge on any atom is -0.382 e. The first-order valence-corrected chi connectivity index (χ1v) is 11.3. The number of benzene rings is 1. The first-order valence-electron chi connectivity index (χ1n) is 11.3. The number of nitrogens with one attached hydrogen (secondary N) is 5. The number of carbonyl (C=O) groups excluding carboxylic acids is 1. The number of nitrogens with zero attached hydrogens (tertiary/aromatic N) is 3. The van der Waals surface area contributed by atoms with Gasteiger partial charge in [0.25, 0.3) is 5.91 Å². The second-order valence-corrected chi connectivity index (χ2v) is 8.54. The monoisotopic (exact) mass is 482 g/mol. The predicted octanol–water partition coefficient (Wildman–Crippen LogP) is 2.86. The lowest BCUT2D eigenvalue weighted by Gasteiger charge is -2.30. The van der Waals surface area contributed by atoms with Gasteiger partial charge in [0.05, 0.1) is 24.6 Å². The number of amidine groups is 1. The number of amides is 1. The van der Waals surface area contributed by atoms with Crippen molar-refractivity contribution in [3.05, 3.63) is 53.0 Å². The fourth-order valence-electron chi connectivity index (χ4n) is 3.67. The normalized spacial score (nSPS) is 16.0. The van der Waals surface area contributed by atoms with E-state index in [0.29, 0.717) is 24.4 Å². The number of rotatable bonds is 9. The standard InChI is InChI=1S/C24H31FN8O2/c1-15(2)33(14-27)23(28)20-5-4-6-22(30-20)31-24(34)18-10-21(16(11-26)9-19(18)25)29-12-17-13-32(3)7-8-35-17/h4-6,9-11,14-15,17,26-29H,7-8,12-13H2,1-3H3,(H,30,31,34). The highest BCUT2D eigenvalue weighted by molar-refractivity contribution is 6.06. The number of likely N-dealkylation sites (N-methyl/N-ethyl adjacent to an activating group) is 1. The number of aromatic nitrogens is 1. The van der Waals surface area contributed by atoms with Crippen molar-refractivity contribution in [2.24, 2.45) is 0 Å². The van der Waals surface area contributed by atoms with Crippen LogP contribution in [-0.4, -0.2) is 84.5 Å². The first-order chi connectivity index (χ1) is 16.7. The fourth-order valence-corrected chi connectivity index (χ4v) is 3.67. The highest BCUT2D eigenvalue weighted by Gasteiger charge is 2.20. The Bertz CT molecular complexity index is 1110. The third-order valence-electron chi connectivity index (χ3n) is 5.59. The fraction of sp³-hybridized carbons (Fsp3) is 0.375. The molecule has 1 aliphatic heterocycles. The van der Waals surface area contributed by atoms with Gasteiger partial charge in [-0.15, -0.1) is 0 Å². The maximum Gasteiger partial charge on any atom is 0.259 e. The van der Waals surface area contributed by atoms with Gasteiger partial charge in [0.1, 0.15) is 17.3 Å². The van der Waals surface area contributed by atoms with Crippen molar-refractivity contribution in [1.29, 1.82) is 16.2 Å². The Morgan fingerprint density at radius 3 is 2.80 bits per heavy atom. The van der Waals surface area contributed by atoms with Gasteiger partial charge in [-0.05, 0) is 45.2 Å². The summed E-state index contributed by atoms with van der Waals surface area (Å²) in [6.45, 7) is 6.35. The van der Waals surface area contributed by atoms with Crippen LogP contribution in [0, 0.1) is 22.0 Å². The van der Waals surface area contributed by atoms with Gasteiger partial charge in [-0.2, -0.15) is 0 Å². The molecule has 0 radical (unpaired) electrons. The van der Waals surface area contributed by atoms with Crippen molar-refractivity contribution in [3.63, 3.8) is 0 Å². The Balaban J connectivity index is 1.78. The Morgan fingerprint density at radius 1 is 1.37 bits per heavy atom. The lowest BCUT2D eigenvalue weighted by Crippen LogP contribution is -2.43. The van der Waals surface area contributed by atoms with Crippen LogP contribution in [-0.2, 0) is 4.74 Å². The minimum atomic E-state index is -0.765. The Labute approximate surface area is 204 Å². The van der Waals surface area contributed by atoms with Crippen molar-refractivity contribution in [2.75, 3.05) is 43.9 Å². The lowest BCUT2D eigenvalue weighted by atomic mass is 10.1. The van der Waals surface area contributed by atoms with Gasteiger partial charge in [-0.25, -0.2) is 9.37 Å². The first kappa shape index (κ1) is 25.9. The molecule has 1 fully saturated rings. The number of hydrogen-bond acceptors (Lipinski definition) is 8. The summed E-state index contributed by atoms with van der Waals surface area (Å²) in [5.74, 6) is -1.32. The number of ether oxygens (including phenoxy) is 1. The zero-order valence-corrected chi connectivity index (χ0v) is 20.1. The van der Waals surface area contributed by atoms with E-state index in [1.165, 1.54) is 11.0 Å². The molecule has 0 aliphatic carbocycles. The molecule has 0 spiro atoms. The average Bonchev–Trinajstić information content (AvgIpc) is 2.83. The van der Waals surface area contributed by atoms with E-state index in [1.54, 1.807) is 18.2 Å². The third-order valence-corrected chi connectivity index (χ3v) is 5.59. The molecular weight excluding hydrogens is 451 g/mol. The molecule has 0 bridgehead atoms. The zero-order chi connectivity index (χ0) is 25.5. The second kappa shape index (κ2) is 11.6. The molecule has 1 aliphatic rings. The number of morpholine rings is 1. The van der Waals surface area contributed by atoms with E-state index in [9.17, 15) is 9.18 Å². The summed E-state index contributed by atoms with van der Waals surface area (Å²) in [6.07, 6.45) is 2.01. The number of hydrogen-bond donors (Lipinski definition) is 5. The van der Waals surface area contributed by atoms with Crippen molar-refractivity contribution in [3.8, 4) is 0 Å². The third kappa shape index (κ3) is 6.46. The molecule has 1 amide bonds. The van der Waals surface area contributed by atoms with E-state index in [2.05, 4.69) is 20.5 Å². The van der Waals surface area contributed by atoms with Crippen LogP contribution in [0.4, 0.5) is 15.9 Å². The van der Waals surface area contributed by atoms with Gasteiger partial charge >= 0.3 is 0 Å². The summed E-state index contributed by atoms with van der Waals surface area (Å²) >= 11 is 0. The molecule has 186 valence electrons. The molecule has 2 aromatic rings. The van der Waals surface area contributed by atoms with Gasteiger partial charge in [0.2, 0.25) is 0 Å². The Morgan fingerprint density at radius 2 is 2.14 bits per heavy atom. The largest absolute Gasteiger partial charge is 0.382 e. The summed E-state index contributed by atoms with van der Waals surface area (Å²) < 4.78 is 20.5. The lowest BCUT2D eigenvalue weighted by molar-refractivity contribution is -0.0117. The smallest absolute Gasteiger partial charge is 0.259 e. The quantitative estimate of drug-likeness (QED) is 0.275. The Kier molecular flexibility index (Phi) is 8.61. The van der Waals surface area contributed by atoms with Crippen molar-refractivity contribution in [1.82, 2.24) is 14.8 Å². The molecule has 1 saturated heterocycles. The molecular formula is C24H31FN8O2. The van der Waals surface area contributed by atoms with Crippen molar-refractivity contribution >= 4 is 35.8 Å². The molecule has 1 aromatic carbocycles. The summed E-state index contributed by atoms with van der Waals surface area (Å²) in [4.78, 5) is 20.8. The van der Waals surface area contributed by atoms with Crippen molar-refractivity contribution < 1.29 is 13.9 Å². The molecule has 35 heavy (non-hydrogen) atoms. The highest BCUT2D eigenvalue weighted by atomic mass is 19.1. The summed E-state index contributed by atoms with van der Waals surface area (Å²) in [5, 5.41) is 29.2. The molecule has 10 nitrogen and oxygen atoms in total. The van der Waals surface area contributed by atoms with E-state index < -0.39 is 11.7 Å². The van der Waals surface area contributed by atoms with Crippen LogP contribution in [0.3, 0.4) is 0 Å². The van der Waals surface area contributed by atoms with Crippen LogP contribution >= 0.6 is 0 Å². The number of carbonyl (C=O) groups is 1. The molecule has 2 heterocycles. The van der Waals surface area contributed by atoms with E-state index in [4.69, 9.17) is 21.0 Å². The van der Waals surface area contributed by atoms with Crippen LogP contribution < -0.4 is 10.6 Å². The van der Waals surface area contributed by atoms with E-state index in [1.807, 2.05) is 20.9 Å². The van der Waals surface area contributed by atoms with Gasteiger partial charge in [-0.1, -0.05) is 6.07 Å². The molecule has 1 atom stereocenters. The second-order valence-electron chi connectivity index (χ2n) is 8.54. The molecule has 1 unspecified atom stereocenters. The Hall–Kier alpha value is -3.70. The van der Waals surface area contributed by atoms with Crippen LogP contribution in [0.25, 0.3) is 0 Å². The van der Waals surface area contributed by atoms with Crippen LogP contribution in [0.5, 0.6) is 0 Å². The number of halogens is 1. The van der Waals surface area contributed by atoms with E-state index >= 15 is 0 Å². The van der Waals surface area contributed by atoms with Gasteiger partial charge in [0, 0.05) is 43.1 Å². The number of anilines is 2. The summed E-state index contributed by atoms with van der Waals surface area (Å²) in [5.41, 5.74) is 0.826. The maximum atomic E-state index is 14.8. The van der Waals surface area contributed by atoms with Crippen molar-refractivity contribution in [2.45, 2.75) is 26.0 Å². The summed E-state index contributed by atoms with van der Waals surface area (Å²) in [7, 11) is 2.01. The average molecular weight is 483 g/mol. The topological polar surface area (TPSA) is 141 Å². The van der Waals surface area contributed by atoms with Crippen LogP contribution in [0.15, 0.2) is 30.3 Å². The van der Waals surface area contributed by atoms with Gasteiger partial charge in [0.15, 0.2) is 5.84 Å². The van der Waals surface area contributed by atoms with E-state index in [-0.39, 0.29) is 35.1 Å². The number of pyridine rings is 1. The SMILES string of the molecule is CC(C)N(C=N)C(=N)c1cccc(NC(=O)c2cc(NCC3CN(C)CCO3)c(C=N)cc2F)n1. The van der Waals surface area contributed by atoms with E-state index in [0.717, 1.165) is 31.7 Å². The van der Waals surface area contributed by atoms with Crippen LogP contribution in [0.1, 0.15) is 35.5 Å². The highest BCUT2D eigenvalue weighted by Crippen LogP contribution is 2.21. The zero-order valence-electron chi connectivity index (χ0n) is 20.1. The summed E-state index contributed by atoms with van der Waals surface area (Å²) in [6, 6.07) is 7.16. The molecule has 3 rings (SSSR count). The minimum absolute atomic E-state index is 0.00896.